The lowest BCUT2D eigenvalue weighted by Crippen LogP contribution is -1.91. The molecule has 0 heterocycles. The average molecular weight is 351 g/mol. The molecule has 25 heavy (non-hydrogen) atoms. The van der Waals surface area contributed by atoms with E-state index in [0.717, 1.165) is 31.1 Å². The number of hydrogen-bond acceptors (Lipinski definition) is 0. The van der Waals surface area contributed by atoms with Gasteiger partial charge in [-0.3, -0.25) is 0 Å². The number of allylic oxidation sites excluding steroid dienone is 3. The summed E-state index contributed by atoms with van der Waals surface area (Å²) in [6.45, 7) is 22.7. The van der Waals surface area contributed by atoms with Gasteiger partial charge in [-0.25, -0.2) is 0 Å². The van der Waals surface area contributed by atoms with E-state index in [2.05, 4.69) is 52.3 Å². The van der Waals surface area contributed by atoms with Crippen LogP contribution in [0.25, 0.3) is 0 Å². The van der Waals surface area contributed by atoms with Gasteiger partial charge >= 0.3 is 0 Å². The SMILES string of the molecule is C#CCC.C/C=C/CC.C=C(C)CC.CC.CC1CCCC(C)CC1. The molecule has 0 saturated heterocycles. The molecule has 0 aromatic heterocycles. The van der Waals surface area contributed by atoms with Crippen LogP contribution in [-0.4, -0.2) is 0 Å². The van der Waals surface area contributed by atoms with E-state index in [1.54, 1.807) is 0 Å². The molecule has 2 atom stereocenters. The molecule has 0 nitrogen and oxygen atoms in total. The van der Waals surface area contributed by atoms with E-state index in [1.165, 1.54) is 37.7 Å². The Morgan fingerprint density at radius 1 is 1.04 bits per heavy atom. The maximum atomic E-state index is 4.78. The van der Waals surface area contributed by atoms with Gasteiger partial charge in [0.05, 0.1) is 0 Å². The summed E-state index contributed by atoms with van der Waals surface area (Å²) in [5, 5.41) is 0. The Balaban J connectivity index is -0.000000121. The molecule has 1 fully saturated rings. The molecule has 0 spiro atoms. The fraction of sp³-hybridized carbons (Fsp3) is 0.760. The van der Waals surface area contributed by atoms with Crippen LogP contribution in [0.1, 0.15) is 114 Å². The zero-order valence-corrected chi connectivity index (χ0v) is 19.3. The predicted octanol–water partition coefficient (Wildman–Crippen LogP) is 9.22. The molecular formula is C25H50. The Kier molecular flexibility index (Phi) is 39.2. The van der Waals surface area contributed by atoms with E-state index in [4.69, 9.17) is 6.42 Å². The van der Waals surface area contributed by atoms with Gasteiger partial charge in [0.25, 0.3) is 0 Å². The van der Waals surface area contributed by atoms with E-state index < -0.39 is 0 Å². The lowest BCUT2D eigenvalue weighted by molar-refractivity contribution is 0.476. The Labute approximate surface area is 162 Å². The van der Waals surface area contributed by atoms with Crippen molar-refractivity contribution in [3.8, 4) is 12.3 Å². The fourth-order valence-corrected chi connectivity index (χ4v) is 1.91. The van der Waals surface area contributed by atoms with Crippen molar-refractivity contribution in [2.75, 3.05) is 0 Å². The summed E-state index contributed by atoms with van der Waals surface area (Å²) < 4.78 is 0. The van der Waals surface area contributed by atoms with Gasteiger partial charge in [0.2, 0.25) is 0 Å². The van der Waals surface area contributed by atoms with Crippen molar-refractivity contribution in [1.82, 2.24) is 0 Å². The van der Waals surface area contributed by atoms with Crippen LogP contribution < -0.4 is 0 Å². The Bertz CT molecular complexity index is 280. The van der Waals surface area contributed by atoms with Gasteiger partial charge in [-0.05, 0) is 38.5 Å². The van der Waals surface area contributed by atoms with Gasteiger partial charge in [-0.1, -0.05) is 98.3 Å². The Morgan fingerprint density at radius 2 is 1.40 bits per heavy atom. The monoisotopic (exact) mass is 350 g/mol. The summed E-state index contributed by atoms with van der Waals surface area (Å²) in [7, 11) is 0. The normalized spacial score (nSPS) is 18.2. The van der Waals surface area contributed by atoms with Gasteiger partial charge in [0.15, 0.2) is 0 Å². The van der Waals surface area contributed by atoms with Crippen molar-refractivity contribution in [2.24, 2.45) is 11.8 Å². The molecule has 0 N–H and O–H groups in total. The summed E-state index contributed by atoms with van der Waals surface area (Å²) in [5.74, 6) is 4.45. The summed E-state index contributed by atoms with van der Waals surface area (Å²) in [4.78, 5) is 0. The molecule has 0 heteroatoms. The van der Waals surface area contributed by atoms with Crippen molar-refractivity contribution in [3.63, 3.8) is 0 Å². The smallest absolute Gasteiger partial charge is 0.00576 e. The summed E-state index contributed by atoms with van der Waals surface area (Å²) in [6.07, 6.45) is 19.5. The molecule has 0 amide bonds. The largest absolute Gasteiger partial charge is 0.120 e. The van der Waals surface area contributed by atoms with Crippen LogP contribution in [0, 0.1) is 24.2 Å². The van der Waals surface area contributed by atoms with Crippen LogP contribution in [0.4, 0.5) is 0 Å². The molecular weight excluding hydrogens is 300 g/mol. The van der Waals surface area contributed by atoms with Gasteiger partial charge in [0.1, 0.15) is 0 Å². The standard InChI is InChI=1S/C9H18.2C5H10.C4H6.C2H6/c1-8-4-3-5-9(2)7-6-8;1-4-5(2)3;1-3-5-4-2;1-3-4-2;1-2/h8-9H,3-7H2,1-2H3;2,4H2,1,3H3;3,5H,4H2,1-2H3;1H,4H2,2H3;1-2H3/b;;5-3+;;. The fourth-order valence-electron chi connectivity index (χ4n) is 1.91. The second kappa shape index (κ2) is 30.9. The Morgan fingerprint density at radius 3 is 1.56 bits per heavy atom. The first-order valence-corrected chi connectivity index (χ1v) is 10.6. The average Bonchev–Trinajstić information content (AvgIpc) is 2.82. The molecule has 0 radical (unpaired) electrons. The van der Waals surface area contributed by atoms with E-state index in [0.29, 0.717) is 0 Å². The third kappa shape index (κ3) is 45.1. The first kappa shape index (κ1) is 31.8. The quantitative estimate of drug-likeness (QED) is 0.264. The Hall–Kier alpha value is -0.960. The molecule has 1 rings (SSSR count). The lowest BCUT2D eigenvalue weighted by atomic mass is 10.0. The van der Waals surface area contributed by atoms with Crippen LogP contribution in [0.15, 0.2) is 24.3 Å². The van der Waals surface area contributed by atoms with Crippen LogP contribution in [0.2, 0.25) is 0 Å². The topological polar surface area (TPSA) is 0 Å². The molecule has 150 valence electrons. The minimum absolute atomic E-state index is 0.847. The van der Waals surface area contributed by atoms with Crippen molar-refractivity contribution < 1.29 is 0 Å². The van der Waals surface area contributed by atoms with E-state index >= 15 is 0 Å². The van der Waals surface area contributed by atoms with Crippen molar-refractivity contribution in [2.45, 2.75) is 114 Å². The summed E-state index contributed by atoms with van der Waals surface area (Å²) >= 11 is 0. The highest BCUT2D eigenvalue weighted by atomic mass is 14.2. The van der Waals surface area contributed by atoms with E-state index in [-0.39, 0.29) is 0 Å². The molecule has 1 aliphatic rings. The van der Waals surface area contributed by atoms with E-state index in [1.807, 2.05) is 34.6 Å². The number of terminal acetylenes is 1. The third-order valence-corrected chi connectivity index (χ3v) is 3.83. The maximum absolute atomic E-state index is 4.78. The zero-order valence-electron chi connectivity index (χ0n) is 19.3. The second-order valence-electron chi connectivity index (χ2n) is 6.56. The van der Waals surface area contributed by atoms with Crippen LogP contribution in [0.3, 0.4) is 0 Å². The van der Waals surface area contributed by atoms with Crippen molar-refractivity contribution >= 4 is 0 Å². The van der Waals surface area contributed by atoms with Gasteiger partial charge < -0.3 is 0 Å². The summed E-state index contributed by atoms with van der Waals surface area (Å²) in [6, 6.07) is 0. The molecule has 2 unspecified atom stereocenters. The van der Waals surface area contributed by atoms with Crippen LogP contribution >= 0.6 is 0 Å². The minimum atomic E-state index is 0.847. The summed E-state index contributed by atoms with van der Waals surface area (Å²) in [5.41, 5.74) is 1.25. The molecule has 0 aromatic rings. The first-order valence-electron chi connectivity index (χ1n) is 10.6. The predicted molar refractivity (Wildman–Crippen MR) is 122 cm³/mol. The molecule has 0 bridgehead atoms. The van der Waals surface area contributed by atoms with Gasteiger partial charge in [-0.2, -0.15) is 0 Å². The lowest BCUT2D eigenvalue weighted by Gasteiger charge is -2.05. The highest BCUT2D eigenvalue weighted by Crippen LogP contribution is 2.25. The first-order chi connectivity index (χ1) is 11.9. The van der Waals surface area contributed by atoms with Crippen LogP contribution in [-0.2, 0) is 0 Å². The molecule has 0 aliphatic heterocycles. The second-order valence-corrected chi connectivity index (χ2v) is 6.56. The van der Waals surface area contributed by atoms with Gasteiger partial charge in [0, 0.05) is 6.42 Å². The highest BCUT2D eigenvalue weighted by Gasteiger charge is 2.11. The zero-order chi connectivity index (χ0) is 20.5. The third-order valence-electron chi connectivity index (χ3n) is 3.83. The molecule has 0 aromatic carbocycles. The minimum Gasteiger partial charge on any atom is -0.120 e. The number of hydrogen-bond donors (Lipinski definition) is 0. The molecule has 1 saturated carbocycles. The van der Waals surface area contributed by atoms with E-state index in [9.17, 15) is 0 Å². The van der Waals surface area contributed by atoms with Crippen molar-refractivity contribution in [1.29, 1.82) is 0 Å². The molecule has 1 aliphatic carbocycles. The maximum Gasteiger partial charge on any atom is 0.00576 e. The van der Waals surface area contributed by atoms with Crippen molar-refractivity contribution in [3.05, 3.63) is 24.3 Å². The number of rotatable bonds is 2. The highest BCUT2D eigenvalue weighted by molar-refractivity contribution is 4.84. The van der Waals surface area contributed by atoms with Gasteiger partial charge in [-0.15, -0.1) is 18.9 Å². The van der Waals surface area contributed by atoms with Crippen LogP contribution in [0.5, 0.6) is 0 Å².